The normalized spacial score (nSPS) is 11.7. The fourth-order valence-corrected chi connectivity index (χ4v) is 2.04. The van der Waals surface area contributed by atoms with Crippen LogP contribution in [-0.2, 0) is 0 Å². The summed E-state index contributed by atoms with van der Waals surface area (Å²) in [7, 11) is 3.74. The lowest BCUT2D eigenvalue weighted by Crippen LogP contribution is -2.44. The summed E-state index contributed by atoms with van der Waals surface area (Å²) in [6.45, 7) is 0. The largest absolute Gasteiger partial charge is 0.265 e. The third-order valence-electron chi connectivity index (χ3n) is 3.22. The standard InChI is InChI=1S/C19H22N4/c1-20-23(21-2)19-11-9-17(10-12-19)7-5-3-4-6-8-18-13-15-22-16-14-18/h3-16,20-21H,1-2H3/b4-3+,7-5+,8-6+. The molecule has 0 aliphatic rings. The molecule has 0 atom stereocenters. The molecule has 23 heavy (non-hydrogen) atoms. The highest BCUT2D eigenvalue weighted by Crippen LogP contribution is 2.12. The first kappa shape index (κ1) is 16.7. The van der Waals surface area contributed by atoms with Crippen LogP contribution in [0.3, 0.4) is 0 Å². The second-order valence-corrected chi connectivity index (χ2v) is 4.76. The van der Waals surface area contributed by atoms with Crippen LogP contribution in [0.5, 0.6) is 0 Å². The van der Waals surface area contributed by atoms with E-state index in [1.807, 2.05) is 61.7 Å². The fourth-order valence-electron chi connectivity index (χ4n) is 2.04. The van der Waals surface area contributed by atoms with E-state index in [9.17, 15) is 0 Å². The van der Waals surface area contributed by atoms with Crippen molar-refractivity contribution in [2.24, 2.45) is 0 Å². The van der Waals surface area contributed by atoms with Crippen LogP contribution in [0.15, 0.2) is 73.1 Å². The monoisotopic (exact) mass is 306 g/mol. The molecule has 0 aliphatic carbocycles. The van der Waals surface area contributed by atoms with E-state index in [1.54, 1.807) is 12.4 Å². The van der Waals surface area contributed by atoms with Crippen LogP contribution in [0.25, 0.3) is 12.2 Å². The summed E-state index contributed by atoms with van der Waals surface area (Å²) in [5.41, 5.74) is 9.45. The van der Waals surface area contributed by atoms with Crippen molar-refractivity contribution in [1.29, 1.82) is 0 Å². The highest BCUT2D eigenvalue weighted by Gasteiger charge is 1.99. The van der Waals surface area contributed by atoms with Crippen LogP contribution in [-0.4, -0.2) is 19.1 Å². The first-order valence-electron chi connectivity index (χ1n) is 7.50. The molecule has 0 amide bonds. The molecule has 2 aromatic rings. The molecule has 1 aromatic carbocycles. The zero-order valence-electron chi connectivity index (χ0n) is 13.5. The van der Waals surface area contributed by atoms with Gasteiger partial charge in [0.15, 0.2) is 0 Å². The van der Waals surface area contributed by atoms with Crippen LogP contribution in [0.4, 0.5) is 5.69 Å². The molecule has 0 bridgehead atoms. The quantitative estimate of drug-likeness (QED) is 0.607. The average molecular weight is 306 g/mol. The Balaban J connectivity index is 1.88. The zero-order chi connectivity index (χ0) is 16.3. The van der Waals surface area contributed by atoms with Gasteiger partial charge in [-0.2, -0.15) is 0 Å². The molecule has 4 nitrogen and oxygen atoms in total. The van der Waals surface area contributed by atoms with Gasteiger partial charge in [-0.15, -0.1) is 0 Å². The van der Waals surface area contributed by atoms with Gasteiger partial charge >= 0.3 is 0 Å². The number of anilines is 1. The Kier molecular flexibility index (Phi) is 6.78. The van der Waals surface area contributed by atoms with Crippen molar-refractivity contribution in [1.82, 2.24) is 15.8 Å². The molecule has 4 heteroatoms. The number of hydrazine groups is 2. The Hall–Kier alpha value is -2.69. The van der Waals surface area contributed by atoms with Gasteiger partial charge in [-0.1, -0.05) is 48.6 Å². The number of pyridine rings is 1. The number of rotatable bonds is 7. The topological polar surface area (TPSA) is 40.2 Å². The minimum absolute atomic E-state index is 1.06. The zero-order valence-corrected chi connectivity index (χ0v) is 13.5. The van der Waals surface area contributed by atoms with Crippen LogP contribution in [0.2, 0.25) is 0 Å². The maximum Gasteiger partial charge on any atom is 0.0702 e. The Morgan fingerprint density at radius 3 is 1.78 bits per heavy atom. The molecule has 2 N–H and O–H groups in total. The van der Waals surface area contributed by atoms with Crippen LogP contribution in [0, 0.1) is 0 Å². The molecule has 1 aromatic heterocycles. The van der Waals surface area contributed by atoms with Gasteiger partial charge in [-0.3, -0.25) is 4.98 Å². The van der Waals surface area contributed by atoms with E-state index in [0.29, 0.717) is 0 Å². The molecule has 0 aliphatic heterocycles. The van der Waals surface area contributed by atoms with E-state index in [2.05, 4.69) is 46.2 Å². The first-order valence-corrected chi connectivity index (χ1v) is 7.50. The first-order chi connectivity index (χ1) is 11.3. The molecule has 1 heterocycles. The molecule has 0 saturated heterocycles. The third kappa shape index (κ3) is 5.54. The third-order valence-corrected chi connectivity index (χ3v) is 3.22. The lowest BCUT2D eigenvalue weighted by Gasteiger charge is -2.21. The lowest BCUT2D eigenvalue weighted by atomic mass is 10.2. The van der Waals surface area contributed by atoms with E-state index in [0.717, 1.165) is 16.8 Å². The van der Waals surface area contributed by atoms with Crippen molar-refractivity contribution in [3.63, 3.8) is 0 Å². The van der Waals surface area contributed by atoms with E-state index in [1.165, 1.54) is 0 Å². The highest BCUT2D eigenvalue weighted by atomic mass is 15.7. The number of allylic oxidation sites excluding steroid dienone is 4. The van der Waals surface area contributed by atoms with Gasteiger partial charge < -0.3 is 0 Å². The van der Waals surface area contributed by atoms with Gasteiger partial charge in [0.2, 0.25) is 0 Å². The number of hydrogen-bond acceptors (Lipinski definition) is 4. The van der Waals surface area contributed by atoms with Gasteiger partial charge in [0.1, 0.15) is 0 Å². The number of nitrogens with zero attached hydrogens (tertiary/aromatic N) is 2. The summed E-state index contributed by atoms with van der Waals surface area (Å²) in [6, 6.07) is 12.2. The maximum absolute atomic E-state index is 3.99. The molecule has 118 valence electrons. The number of aromatic nitrogens is 1. The van der Waals surface area contributed by atoms with Crippen molar-refractivity contribution in [2.75, 3.05) is 19.2 Å². The molecule has 0 saturated carbocycles. The van der Waals surface area contributed by atoms with Crippen LogP contribution < -0.4 is 16.0 Å². The second kappa shape index (κ2) is 9.35. The molecule has 0 spiro atoms. The predicted octanol–water partition coefficient (Wildman–Crippen LogP) is 3.44. The van der Waals surface area contributed by atoms with Crippen molar-refractivity contribution < 1.29 is 0 Å². The van der Waals surface area contributed by atoms with Crippen LogP contribution >= 0.6 is 0 Å². The smallest absolute Gasteiger partial charge is 0.0702 e. The SMILES string of the molecule is CNN(NC)c1ccc(/C=C/C=C/C=C/c2ccncc2)cc1. The van der Waals surface area contributed by atoms with Gasteiger partial charge in [-0.25, -0.2) is 16.0 Å². The Morgan fingerprint density at radius 1 is 0.739 bits per heavy atom. The fraction of sp³-hybridized carbons (Fsp3) is 0.105. The van der Waals surface area contributed by atoms with Gasteiger partial charge in [0, 0.05) is 26.5 Å². The summed E-state index contributed by atoms with van der Waals surface area (Å²) in [5, 5.41) is 1.84. The number of nitrogens with one attached hydrogen (secondary N) is 2. The molecule has 0 fully saturated rings. The maximum atomic E-state index is 3.99. The van der Waals surface area contributed by atoms with Crippen LogP contribution in [0.1, 0.15) is 11.1 Å². The van der Waals surface area contributed by atoms with E-state index < -0.39 is 0 Å². The van der Waals surface area contributed by atoms with Gasteiger partial charge in [-0.05, 0) is 35.4 Å². The predicted molar refractivity (Wildman–Crippen MR) is 98.5 cm³/mol. The Labute approximate surface area is 137 Å². The second-order valence-electron chi connectivity index (χ2n) is 4.76. The minimum Gasteiger partial charge on any atom is -0.265 e. The minimum atomic E-state index is 1.06. The van der Waals surface area contributed by atoms with Crippen molar-refractivity contribution >= 4 is 17.8 Å². The Bertz CT molecular complexity index is 654. The molecule has 2 rings (SSSR count). The molecular weight excluding hydrogens is 284 g/mol. The summed E-state index contributed by atoms with van der Waals surface area (Å²) < 4.78 is 0. The molecule has 0 unspecified atom stereocenters. The average Bonchev–Trinajstić information content (AvgIpc) is 2.61. The molecule has 0 radical (unpaired) electrons. The summed E-state index contributed by atoms with van der Waals surface area (Å²) in [5.74, 6) is 0. The molecular formula is C19H22N4. The number of benzene rings is 1. The Morgan fingerprint density at radius 2 is 1.26 bits per heavy atom. The van der Waals surface area contributed by atoms with Crippen molar-refractivity contribution in [3.8, 4) is 0 Å². The van der Waals surface area contributed by atoms with E-state index in [-0.39, 0.29) is 0 Å². The lowest BCUT2D eigenvalue weighted by molar-refractivity contribution is 0.624. The van der Waals surface area contributed by atoms with Gasteiger partial charge in [0.05, 0.1) is 5.69 Å². The van der Waals surface area contributed by atoms with E-state index >= 15 is 0 Å². The summed E-state index contributed by atoms with van der Waals surface area (Å²) in [6.07, 6.45) is 15.8. The number of hydrogen-bond donors (Lipinski definition) is 2. The van der Waals surface area contributed by atoms with Crippen molar-refractivity contribution in [3.05, 3.63) is 84.2 Å². The van der Waals surface area contributed by atoms with Gasteiger partial charge in [0.25, 0.3) is 0 Å². The van der Waals surface area contributed by atoms with E-state index in [4.69, 9.17) is 0 Å². The summed E-state index contributed by atoms with van der Waals surface area (Å²) >= 11 is 0. The van der Waals surface area contributed by atoms with Crippen molar-refractivity contribution in [2.45, 2.75) is 0 Å². The summed E-state index contributed by atoms with van der Waals surface area (Å²) in [4.78, 5) is 3.99. The highest BCUT2D eigenvalue weighted by molar-refractivity contribution is 5.56.